The molecule has 1 N–H and O–H groups in total. The first kappa shape index (κ1) is 14.1. The molecule has 17 heavy (non-hydrogen) atoms. The lowest BCUT2D eigenvalue weighted by Crippen LogP contribution is -2.39. The molecule has 2 unspecified atom stereocenters. The molecule has 1 aromatic rings. The van der Waals surface area contributed by atoms with Gasteiger partial charge in [-0.1, -0.05) is 13.8 Å². The number of hydrogen-bond acceptors (Lipinski definition) is 4. The van der Waals surface area contributed by atoms with Gasteiger partial charge < -0.3 is 5.32 Å². The highest BCUT2D eigenvalue weighted by Crippen LogP contribution is 2.19. The van der Waals surface area contributed by atoms with Gasteiger partial charge in [-0.05, 0) is 30.2 Å². The number of rotatable bonds is 6. The quantitative estimate of drug-likeness (QED) is 0.831. The summed E-state index contributed by atoms with van der Waals surface area (Å²) >= 11 is 0. The van der Waals surface area contributed by atoms with E-state index >= 15 is 0 Å². The molecule has 0 saturated heterocycles. The van der Waals surface area contributed by atoms with Crippen molar-refractivity contribution in [3.8, 4) is 0 Å². The molecule has 1 rings (SSSR count). The molecular weight excluding hydrogens is 236 g/mol. The number of aromatic nitrogens is 1. The molecule has 1 aromatic heterocycles. The maximum atomic E-state index is 11.4. The molecule has 0 aliphatic rings. The second kappa shape index (κ2) is 6.12. The van der Waals surface area contributed by atoms with Crippen LogP contribution in [0, 0.1) is 0 Å². The van der Waals surface area contributed by atoms with Crippen molar-refractivity contribution in [2.45, 2.75) is 25.8 Å². The normalized spacial score (nSPS) is 15.5. The van der Waals surface area contributed by atoms with Gasteiger partial charge in [-0.25, -0.2) is 8.42 Å². The van der Waals surface area contributed by atoms with Crippen LogP contribution in [-0.2, 0) is 9.84 Å². The number of pyridine rings is 1. The van der Waals surface area contributed by atoms with Crippen LogP contribution < -0.4 is 5.32 Å². The minimum absolute atomic E-state index is 0.0580. The van der Waals surface area contributed by atoms with Crippen LogP contribution in [0.25, 0.3) is 0 Å². The fraction of sp³-hybridized carbons (Fsp3) is 0.583. The van der Waals surface area contributed by atoms with Crippen LogP contribution in [0.5, 0.6) is 0 Å². The summed E-state index contributed by atoms with van der Waals surface area (Å²) in [6.07, 6.45) is 4.74. The van der Waals surface area contributed by atoms with E-state index in [0.717, 1.165) is 12.1 Å². The van der Waals surface area contributed by atoms with Gasteiger partial charge in [0.2, 0.25) is 0 Å². The molecule has 0 fully saturated rings. The van der Waals surface area contributed by atoms with Crippen molar-refractivity contribution in [1.82, 2.24) is 10.3 Å². The van der Waals surface area contributed by atoms with E-state index in [-0.39, 0.29) is 17.7 Å². The van der Waals surface area contributed by atoms with E-state index in [2.05, 4.69) is 10.3 Å². The van der Waals surface area contributed by atoms with Gasteiger partial charge in [-0.3, -0.25) is 4.98 Å². The standard InChI is InChI=1S/C12H20N2O2S/c1-4-14-12(9-17(3,15)16)10(2)11-5-7-13-8-6-11/h5-8,10,12,14H,4,9H2,1-3H3. The molecule has 0 aromatic carbocycles. The average Bonchev–Trinajstić information content (AvgIpc) is 2.27. The number of hydrogen-bond donors (Lipinski definition) is 1. The first-order valence-corrected chi connectivity index (χ1v) is 7.81. The first-order chi connectivity index (χ1) is 7.94. The van der Waals surface area contributed by atoms with Crippen LogP contribution in [-0.4, -0.2) is 38.0 Å². The molecule has 96 valence electrons. The predicted octanol–water partition coefficient (Wildman–Crippen LogP) is 1.21. The van der Waals surface area contributed by atoms with Crippen LogP contribution in [0.3, 0.4) is 0 Å². The van der Waals surface area contributed by atoms with Gasteiger partial charge in [0.25, 0.3) is 0 Å². The van der Waals surface area contributed by atoms with Gasteiger partial charge in [0.05, 0.1) is 5.75 Å². The zero-order valence-corrected chi connectivity index (χ0v) is 11.4. The lowest BCUT2D eigenvalue weighted by molar-refractivity contribution is 0.488. The summed E-state index contributed by atoms with van der Waals surface area (Å²) in [6.45, 7) is 4.78. The molecule has 0 radical (unpaired) electrons. The second-order valence-corrected chi connectivity index (χ2v) is 6.51. The molecule has 1 heterocycles. The zero-order chi connectivity index (χ0) is 12.9. The van der Waals surface area contributed by atoms with Crippen LogP contribution in [0.2, 0.25) is 0 Å². The molecular formula is C12H20N2O2S. The molecule has 4 nitrogen and oxygen atoms in total. The van der Waals surface area contributed by atoms with Crippen molar-refractivity contribution in [3.05, 3.63) is 30.1 Å². The first-order valence-electron chi connectivity index (χ1n) is 5.75. The molecule has 0 aliphatic carbocycles. The van der Waals surface area contributed by atoms with E-state index in [1.54, 1.807) is 12.4 Å². The van der Waals surface area contributed by atoms with Crippen molar-refractivity contribution < 1.29 is 8.42 Å². The predicted molar refractivity (Wildman–Crippen MR) is 69.8 cm³/mol. The van der Waals surface area contributed by atoms with E-state index < -0.39 is 9.84 Å². The third kappa shape index (κ3) is 4.83. The smallest absolute Gasteiger partial charge is 0.149 e. The molecule has 5 heteroatoms. The average molecular weight is 256 g/mol. The Hall–Kier alpha value is -0.940. The highest BCUT2D eigenvalue weighted by molar-refractivity contribution is 7.90. The van der Waals surface area contributed by atoms with Gasteiger partial charge in [0, 0.05) is 24.7 Å². The Morgan fingerprint density at radius 3 is 2.41 bits per heavy atom. The van der Waals surface area contributed by atoms with Crippen LogP contribution in [0.4, 0.5) is 0 Å². The Balaban J connectivity index is 2.84. The largest absolute Gasteiger partial charge is 0.313 e. The summed E-state index contributed by atoms with van der Waals surface area (Å²) in [6, 6.07) is 3.80. The van der Waals surface area contributed by atoms with Crippen molar-refractivity contribution in [3.63, 3.8) is 0 Å². The number of nitrogens with zero attached hydrogens (tertiary/aromatic N) is 1. The van der Waals surface area contributed by atoms with Gasteiger partial charge in [-0.2, -0.15) is 0 Å². The van der Waals surface area contributed by atoms with E-state index in [4.69, 9.17) is 0 Å². The summed E-state index contributed by atoms with van der Waals surface area (Å²) in [4.78, 5) is 3.97. The second-order valence-electron chi connectivity index (χ2n) is 4.33. The summed E-state index contributed by atoms with van der Waals surface area (Å²) < 4.78 is 22.8. The third-order valence-electron chi connectivity index (χ3n) is 2.78. The Bertz CT molecular complexity index is 431. The van der Waals surface area contributed by atoms with E-state index in [9.17, 15) is 8.42 Å². The van der Waals surface area contributed by atoms with Gasteiger partial charge in [0.15, 0.2) is 0 Å². The Morgan fingerprint density at radius 1 is 1.35 bits per heavy atom. The van der Waals surface area contributed by atoms with E-state index in [1.807, 2.05) is 26.0 Å². The number of likely N-dealkylation sites (N-methyl/N-ethyl adjacent to an activating group) is 1. The maximum absolute atomic E-state index is 11.4. The van der Waals surface area contributed by atoms with Crippen molar-refractivity contribution in [2.75, 3.05) is 18.6 Å². The lowest BCUT2D eigenvalue weighted by atomic mass is 9.95. The van der Waals surface area contributed by atoms with Gasteiger partial charge in [-0.15, -0.1) is 0 Å². The summed E-state index contributed by atoms with van der Waals surface area (Å²) in [5, 5.41) is 3.24. The zero-order valence-electron chi connectivity index (χ0n) is 10.6. The number of nitrogens with one attached hydrogen (secondary N) is 1. The van der Waals surface area contributed by atoms with Crippen LogP contribution in [0.1, 0.15) is 25.3 Å². The van der Waals surface area contributed by atoms with Gasteiger partial charge >= 0.3 is 0 Å². The fourth-order valence-corrected chi connectivity index (χ4v) is 2.93. The monoisotopic (exact) mass is 256 g/mol. The highest BCUT2D eigenvalue weighted by atomic mass is 32.2. The Labute approximate surface area is 103 Å². The van der Waals surface area contributed by atoms with Crippen molar-refractivity contribution in [2.24, 2.45) is 0 Å². The topological polar surface area (TPSA) is 59.1 Å². The fourth-order valence-electron chi connectivity index (χ4n) is 1.87. The maximum Gasteiger partial charge on any atom is 0.149 e. The van der Waals surface area contributed by atoms with E-state index in [1.165, 1.54) is 6.26 Å². The molecule has 2 atom stereocenters. The summed E-state index contributed by atoms with van der Waals surface area (Å²) in [5.41, 5.74) is 1.11. The van der Waals surface area contributed by atoms with Crippen LogP contribution >= 0.6 is 0 Å². The molecule has 0 aliphatic heterocycles. The van der Waals surface area contributed by atoms with Crippen LogP contribution in [0.15, 0.2) is 24.5 Å². The van der Waals surface area contributed by atoms with Crippen molar-refractivity contribution >= 4 is 9.84 Å². The summed E-state index contributed by atoms with van der Waals surface area (Å²) in [5.74, 6) is 0.303. The Morgan fingerprint density at radius 2 is 1.94 bits per heavy atom. The molecule has 0 amide bonds. The van der Waals surface area contributed by atoms with Crippen molar-refractivity contribution in [1.29, 1.82) is 0 Å². The molecule has 0 saturated carbocycles. The third-order valence-corrected chi connectivity index (χ3v) is 3.75. The molecule has 0 bridgehead atoms. The minimum atomic E-state index is -2.98. The van der Waals surface area contributed by atoms with Gasteiger partial charge in [0.1, 0.15) is 9.84 Å². The number of sulfone groups is 1. The lowest BCUT2D eigenvalue weighted by Gasteiger charge is -2.24. The molecule has 0 spiro atoms. The SMILES string of the molecule is CCNC(CS(C)(=O)=O)C(C)c1ccncc1. The van der Waals surface area contributed by atoms with E-state index in [0.29, 0.717) is 0 Å². The summed E-state index contributed by atoms with van der Waals surface area (Å²) in [7, 11) is -2.98. The minimum Gasteiger partial charge on any atom is -0.313 e. The Kier molecular flexibility index (Phi) is 5.08. The highest BCUT2D eigenvalue weighted by Gasteiger charge is 2.22.